The summed E-state index contributed by atoms with van der Waals surface area (Å²) in [5, 5.41) is 15.7. The minimum Gasteiger partial charge on any atom is -1.00 e. The van der Waals surface area contributed by atoms with E-state index in [1.807, 2.05) is 6.07 Å². The van der Waals surface area contributed by atoms with E-state index in [0.29, 0.717) is 5.75 Å². The average Bonchev–Trinajstić information content (AvgIpc) is 3.01. The molecule has 1 heterocycles. The van der Waals surface area contributed by atoms with Crippen LogP contribution in [0.1, 0.15) is 18.9 Å². The Labute approximate surface area is 163 Å². The predicted molar refractivity (Wildman–Crippen MR) is 84.3 cm³/mol. The van der Waals surface area contributed by atoms with Crippen molar-refractivity contribution in [3.8, 4) is 5.75 Å². The van der Waals surface area contributed by atoms with Gasteiger partial charge in [0.15, 0.2) is 0 Å². The first-order chi connectivity index (χ1) is 9.16. The van der Waals surface area contributed by atoms with Crippen molar-refractivity contribution in [2.24, 2.45) is 0 Å². The van der Waals surface area contributed by atoms with Gasteiger partial charge in [0.05, 0.1) is 8.07 Å². The maximum absolute atomic E-state index is 10.2. The molecule has 2 aliphatic rings. The van der Waals surface area contributed by atoms with E-state index < -0.39 is 8.07 Å². The van der Waals surface area contributed by atoms with Crippen LogP contribution in [0.3, 0.4) is 0 Å². The fourth-order valence-electron chi connectivity index (χ4n) is 3.82. The fourth-order valence-corrected chi connectivity index (χ4v) is 7.71. The number of hydrogen-bond acceptors (Lipinski definition) is 1. The van der Waals surface area contributed by atoms with Crippen molar-refractivity contribution in [1.29, 1.82) is 0 Å². The van der Waals surface area contributed by atoms with Crippen LogP contribution in [0.25, 0.3) is 16.3 Å². The van der Waals surface area contributed by atoms with Gasteiger partial charge in [0.25, 0.3) is 0 Å². The van der Waals surface area contributed by atoms with E-state index in [0.717, 1.165) is 6.42 Å². The van der Waals surface area contributed by atoms with E-state index in [-0.39, 0.29) is 51.0 Å². The molecule has 1 aliphatic carbocycles. The Kier molecular flexibility index (Phi) is 6.07. The summed E-state index contributed by atoms with van der Waals surface area (Å²) in [6, 6.07) is 7.55. The van der Waals surface area contributed by atoms with Crippen LogP contribution in [0.2, 0.25) is 12.6 Å². The van der Waals surface area contributed by atoms with E-state index in [4.69, 9.17) is 0 Å². The summed E-state index contributed by atoms with van der Waals surface area (Å²) in [6.07, 6.45) is 7.66. The van der Waals surface area contributed by atoms with Gasteiger partial charge in [-0.2, -0.15) is 0 Å². The van der Waals surface area contributed by atoms with E-state index in [1.54, 1.807) is 5.19 Å². The van der Waals surface area contributed by atoms with Crippen LogP contribution >= 0.6 is 0 Å². The molecule has 0 fully saturated rings. The number of hydrogen-bond donors (Lipinski definition) is 1. The molecule has 1 atom stereocenters. The van der Waals surface area contributed by atoms with Crippen molar-refractivity contribution in [3.05, 3.63) is 42.0 Å². The topological polar surface area (TPSA) is 20.2 Å². The molecule has 0 spiro atoms. The minimum absolute atomic E-state index is 0. The predicted octanol–water partition coefficient (Wildman–Crippen LogP) is -2.86. The summed E-state index contributed by atoms with van der Waals surface area (Å²) in [4.78, 5) is 0. The van der Waals surface area contributed by atoms with Crippen LogP contribution in [0, 0.1) is 0 Å². The van der Waals surface area contributed by atoms with E-state index >= 15 is 0 Å². The molecule has 0 saturated carbocycles. The van der Waals surface area contributed by atoms with Crippen LogP contribution in [0.5, 0.6) is 5.75 Å². The number of benzene rings is 1. The van der Waals surface area contributed by atoms with Crippen LogP contribution in [-0.2, 0) is 26.2 Å². The van der Waals surface area contributed by atoms with Gasteiger partial charge in [0.2, 0.25) is 0 Å². The van der Waals surface area contributed by atoms with Gasteiger partial charge in [0.1, 0.15) is 0 Å². The molecule has 0 saturated heterocycles. The maximum atomic E-state index is 10.2. The summed E-state index contributed by atoms with van der Waals surface area (Å²) in [6.45, 7) is 4.67. The molecular weight excluding hydrogens is 410 g/mol. The maximum Gasteiger partial charge on any atom is 3.00 e. The zero-order chi connectivity index (χ0) is 13.2. The summed E-state index contributed by atoms with van der Waals surface area (Å²) < 4.78 is 0. The molecule has 1 unspecified atom stereocenters. The van der Waals surface area contributed by atoms with Crippen molar-refractivity contribution >= 4 is 34.8 Å². The number of halogens is 2. The van der Waals surface area contributed by atoms with Crippen molar-refractivity contribution in [2.45, 2.75) is 25.9 Å². The largest absolute Gasteiger partial charge is 3.00 e. The molecule has 4 rings (SSSR count). The first kappa shape index (κ1) is 19.8. The van der Waals surface area contributed by atoms with Gasteiger partial charge >= 0.3 is 26.2 Å². The molecule has 5 heteroatoms. The molecule has 1 radical (unpaired) electrons. The monoisotopic (exact) mass is 425 g/mol. The molecule has 22 heavy (non-hydrogen) atoms. The van der Waals surface area contributed by atoms with Crippen molar-refractivity contribution in [1.82, 2.24) is 0 Å². The minimum atomic E-state index is -1.61. The van der Waals surface area contributed by atoms with Gasteiger partial charge in [-0.25, -0.2) is 0 Å². The first-order valence-electron chi connectivity index (χ1n) is 6.99. The van der Waals surface area contributed by atoms with Crippen LogP contribution in [0.4, 0.5) is 0 Å². The zero-order valence-corrected chi connectivity index (χ0v) is 17.6. The number of rotatable bonds is 2. The third-order valence-electron chi connectivity index (χ3n) is 4.96. The Morgan fingerprint density at radius 2 is 1.95 bits per heavy atom. The zero-order valence-electron chi connectivity index (χ0n) is 12.6. The number of aromatic hydroxyl groups is 1. The summed E-state index contributed by atoms with van der Waals surface area (Å²) in [5.74, 6) is 0.536. The first-order valence-corrected chi connectivity index (χ1v) is 9.70. The SMILES string of the molecule is CC[Si]1(C)c2c(C3=CC=CC3)ccc3[cH-]c(O)c1c23.[Cl-].[Cl-].[Zr+3]. The molecule has 2 aromatic rings. The second-order valence-electron chi connectivity index (χ2n) is 5.87. The molecule has 1 aliphatic heterocycles. The standard InChI is InChI=1S/C17H17OSi.2ClH.Zr/c1-3-19(2)16-13(11-6-4-5-7-11)9-8-12-10-14(18)17(19)15(12)16;;;/h4-6,8-10,18H,3,7H2,1-2H3;2*1H;/q-1;;;+3/p-2. The van der Waals surface area contributed by atoms with Gasteiger partial charge in [-0.1, -0.05) is 49.0 Å². The Morgan fingerprint density at radius 3 is 2.55 bits per heavy atom. The van der Waals surface area contributed by atoms with Crippen molar-refractivity contribution in [3.63, 3.8) is 0 Å². The van der Waals surface area contributed by atoms with Gasteiger partial charge in [-0.3, -0.25) is 0 Å². The van der Waals surface area contributed by atoms with Crippen LogP contribution < -0.4 is 35.2 Å². The van der Waals surface area contributed by atoms with Crippen LogP contribution in [-0.4, -0.2) is 13.2 Å². The van der Waals surface area contributed by atoms with E-state index in [2.05, 4.69) is 43.8 Å². The molecule has 0 bridgehead atoms. The second-order valence-corrected chi connectivity index (χ2v) is 10.2. The summed E-state index contributed by atoms with van der Waals surface area (Å²) in [7, 11) is -1.61. The van der Waals surface area contributed by atoms with Gasteiger partial charge < -0.3 is 29.9 Å². The molecule has 1 nitrogen and oxygen atoms in total. The molecular formula is C17H17Cl2OSiZr. The number of allylic oxidation sites excluding steroid dienone is 4. The Hall–Kier alpha value is -0.210. The quantitative estimate of drug-likeness (QED) is 0.404. The van der Waals surface area contributed by atoms with Gasteiger partial charge in [0, 0.05) is 5.75 Å². The molecule has 0 amide bonds. The third kappa shape index (κ3) is 2.33. The van der Waals surface area contributed by atoms with Gasteiger partial charge in [-0.05, 0) is 17.6 Å². The Morgan fingerprint density at radius 1 is 1.23 bits per heavy atom. The van der Waals surface area contributed by atoms with Crippen molar-refractivity contribution < 1.29 is 56.1 Å². The Bertz CT molecular complexity index is 779. The fraction of sp³-hybridized carbons (Fsp3) is 0.235. The normalized spacial score (nSPS) is 20.5. The molecule has 0 aromatic heterocycles. The smallest absolute Gasteiger partial charge is 1.00 e. The van der Waals surface area contributed by atoms with E-state index in [1.165, 1.54) is 33.1 Å². The summed E-state index contributed by atoms with van der Waals surface area (Å²) >= 11 is 0. The van der Waals surface area contributed by atoms with Gasteiger partial charge in [-0.15, -0.1) is 28.1 Å². The molecule has 1 N–H and O–H groups in total. The molecule has 113 valence electrons. The average molecular weight is 428 g/mol. The second kappa shape index (κ2) is 6.73. The third-order valence-corrected chi connectivity index (χ3v) is 9.61. The van der Waals surface area contributed by atoms with Crippen LogP contribution in [0.15, 0.2) is 36.4 Å². The molecule has 2 aromatic carbocycles. The summed E-state index contributed by atoms with van der Waals surface area (Å²) in [5.41, 5.74) is 2.88. The van der Waals surface area contributed by atoms with Crippen molar-refractivity contribution in [2.75, 3.05) is 0 Å². The van der Waals surface area contributed by atoms with E-state index in [9.17, 15) is 5.11 Å². The Balaban J connectivity index is 0.000000807.